The van der Waals surface area contributed by atoms with Gasteiger partial charge >= 0.3 is 0 Å². The summed E-state index contributed by atoms with van der Waals surface area (Å²) in [4.78, 5) is 0. The molecule has 0 aromatic heterocycles. The van der Waals surface area contributed by atoms with Gasteiger partial charge in [-0.2, -0.15) is 0 Å². The predicted octanol–water partition coefficient (Wildman–Crippen LogP) is 22.8. The average Bonchev–Trinajstić information content (AvgIpc) is 4.12. The maximum Gasteiger partial charge on any atom is 0.0812 e. The number of rotatable bonds is 58. The largest absolute Gasteiger partial charge is 0.373 e. The van der Waals surface area contributed by atoms with Crippen molar-refractivity contribution in [1.82, 2.24) is 0 Å². The zero-order valence-electron chi connectivity index (χ0n) is 44.8. The first-order chi connectivity index (χ1) is 31.4. The minimum Gasteiger partial charge on any atom is -0.373 e. The van der Waals surface area contributed by atoms with Gasteiger partial charge in [0, 0.05) is 18.6 Å². The van der Waals surface area contributed by atoms with Crippen LogP contribution in [0.4, 0.5) is 0 Å². The van der Waals surface area contributed by atoms with Crippen LogP contribution in [0.5, 0.6) is 0 Å². The van der Waals surface area contributed by atoms with Gasteiger partial charge in [0.2, 0.25) is 0 Å². The second-order valence-electron chi connectivity index (χ2n) is 21.7. The first-order valence-electron chi connectivity index (χ1n) is 30.7. The van der Waals surface area contributed by atoms with Crippen molar-refractivity contribution in [3.05, 3.63) is 0 Å². The Labute approximate surface area is 421 Å². The van der Waals surface area contributed by atoms with Crippen LogP contribution in [-0.4, -0.2) is 25.0 Å². The number of unbranched alkanes of at least 4 members (excludes halogenated alkanes) is 48. The summed E-state index contributed by atoms with van der Waals surface area (Å²) < 4.78 is 5.64. The molecular weight excluding hydrogens is 831 g/mol. The standard InChI is InChI=1S/C61H123OP.V/c1-3-5-7-9-11-13-15-17-18-19-25-28-32-36-40-44-48-52-56-63-57-53-49-45-41-37-33-29-26-23-21-20-22-24-27-31-35-39-43-47-51-55-60(58-61-59-62-61)54-50-46-42-38-34-30-16-14-12-10-8-6-4-2;/h60-61,63H,3-59H2,1-2H3;. The summed E-state index contributed by atoms with van der Waals surface area (Å²) in [5, 5.41) is 0. The number of hydrogen-bond acceptors (Lipinski definition) is 1. The summed E-state index contributed by atoms with van der Waals surface area (Å²) in [6, 6.07) is 0. The first kappa shape index (κ1) is 65.0. The second kappa shape index (κ2) is 58.3. The minimum atomic E-state index is 0. The van der Waals surface area contributed by atoms with Crippen LogP contribution < -0.4 is 0 Å². The Kier molecular flexibility index (Phi) is 59.2. The molecule has 0 saturated carbocycles. The molecule has 1 aliphatic rings. The minimum absolute atomic E-state index is 0. The predicted molar refractivity (Wildman–Crippen MR) is 292 cm³/mol. The normalized spacial score (nSPS) is 14.2. The van der Waals surface area contributed by atoms with Gasteiger partial charge in [0.15, 0.2) is 0 Å². The van der Waals surface area contributed by atoms with Crippen molar-refractivity contribution in [3.63, 3.8) is 0 Å². The van der Waals surface area contributed by atoms with Crippen molar-refractivity contribution >= 4 is 8.58 Å². The van der Waals surface area contributed by atoms with Crippen molar-refractivity contribution in [2.75, 3.05) is 18.9 Å². The molecule has 3 heteroatoms. The van der Waals surface area contributed by atoms with Crippen LogP contribution in [0.2, 0.25) is 0 Å². The second-order valence-corrected chi connectivity index (χ2v) is 23.2. The molecule has 0 spiro atoms. The van der Waals surface area contributed by atoms with E-state index in [1.54, 1.807) is 0 Å². The molecule has 0 aromatic carbocycles. The third-order valence-electron chi connectivity index (χ3n) is 15.1. The third-order valence-corrected chi connectivity index (χ3v) is 16.6. The van der Waals surface area contributed by atoms with Gasteiger partial charge in [-0.1, -0.05) is 341 Å². The fourth-order valence-electron chi connectivity index (χ4n) is 10.5. The molecule has 1 aliphatic heterocycles. The van der Waals surface area contributed by atoms with Gasteiger partial charge in [0.1, 0.15) is 0 Å². The van der Waals surface area contributed by atoms with Crippen molar-refractivity contribution in [1.29, 1.82) is 0 Å². The van der Waals surface area contributed by atoms with E-state index in [2.05, 4.69) is 13.8 Å². The molecular formula is C61H123OPV. The molecule has 1 radical (unpaired) electrons. The van der Waals surface area contributed by atoms with Crippen molar-refractivity contribution < 1.29 is 23.3 Å². The van der Waals surface area contributed by atoms with E-state index in [-0.39, 0.29) is 18.6 Å². The van der Waals surface area contributed by atoms with Crippen LogP contribution in [0, 0.1) is 5.92 Å². The van der Waals surface area contributed by atoms with Gasteiger partial charge in [0.25, 0.3) is 0 Å². The summed E-state index contributed by atoms with van der Waals surface area (Å²) in [5.74, 6) is 0.943. The van der Waals surface area contributed by atoms with Gasteiger partial charge in [-0.15, -0.1) is 8.58 Å². The molecule has 1 nitrogen and oxygen atoms in total. The maximum absolute atomic E-state index is 5.64. The van der Waals surface area contributed by atoms with Gasteiger partial charge in [-0.3, -0.25) is 0 Å². The fraction of sp³-hybridized carbons (Fsp3) is 1.00. The average molecular weight is 955 g/mol. The van der Waals surface area contributed by atoms with Gasteiger partial charge in [-0.25, -0.2) is 0 Å². The number of ether oxygens (including phenoxy) is 1. The molecule has 1 rings (SSSR count). The van der Waals surface area contributed by atoms with E-state index < -0.39 is 0 Å². The summed E-state index contributed by atoms with van der Waals surface area (Å²) in [7, 11) is 1.25. The Bertz CT molecular complexity index is 801. The van der Waals surface area contributed by atoms with Gasteiger partial charge in [-0.05, 0) is 37.5 Å². The van der Waals surface area contributed by atoms with Crippen LogP contribution in [0.1, 0.15) is 361 Å². The molecule has 1 heterocycles. The van der Waals surface area contributed by atoms with Crippen molar-refractivity contribution in [2.45, 2.75) is 367 Å². The van der Waals surface area contributed by atoms with Crippen LogP contribution in [0.25, 0.3) is 0 Å². The topological polar surface area (TPSA) is 12.5 Å². The van der Waals surface area contributed by atoms with E-state index in [4.69, 9.17) is 4.74 Å². The zero-order chi connectivity index (χ0) is 44.9. The maximum atomic E-state index is 5.64. The summed E-state index contributed by atoms with van der Waals surface area (Å²) in [6.45, 7) is 5.68. The van der Waals surface area contributed by atoms with Crippen molar-refractivity contribution in [2.24, 2.45) is 5.92 Å². The van der Waals surface area contributed by atoms with E-state index in [1.165, 1.54) is 368 Å². The quantitative estimate of drug-likeness (QED) is 0.0336. The van der Waals surface area contributed by atoms with E-state index in [0.29, 0.717) is 6.10 Å². The Balaban J connectivity index is 0.0000397. The molecule has 3 unspecified atom stereocenters. The Morgan fingerprint density at radius 1 is 0.297 bits per heavy atom. The zero-order valence-corrected chi connectivity index (χ0v) is 47.2. The molecule has 0 aromatic rings. The van der Waals surface area contributed by atoms with Gasteiger partial charge in [0.05, 0.1) is 12.7 Å². The summed E-state index contributed by atoms with van der Waals surface area (Å²) in [6.07, 6.45) is 83.5. The monoisotopic (exact) mass is 954 g/mol. The molecule has 64 heavy (non-hydrogen) atoms. The fourth-order valence-corrected chi connectivity index (χ4v) is 11.8. The molecule has 0 N–H and O–H groups in total. The Morgan fingerprint density at radius 3 is 0.688 bits per heavy atom. The van der Waals surface area contributed by atoms with E-state index in [1.807, 2.05) is 0 Å². The number of hydrogen-bond donors (Lipinski definition) is 0. The van der Waals surface area contributed by atoms with Crippen LogP contribution >= 0.6 is 8.58 Å². The number of epoxide rings is 1. The first-order valence-corrected chi connectivity index (χ1v) is 32.1. The SMILES string of the molecule is CCCCCCCCCCCCCCCCCCCCPCCCCCCCCCCCCCCCCCCCCCCC(CCCCCCCCCCCCCCC)CC1CO1.[V]. The van der Waals surface area contributed by atoms with Gasteiger partial charge < -0.3 is 4.74 Å². The molecule has 383 valence electrons. The molecule has 1 saturated heterocycles. The summed E-state index contributed by atoms with van der Waals surface area (Å²) >= 11 is 0. The van der Waals surface area contributed by atoms with E-state index >= 15 is 0 Å². The van der Waals surface area contributed by atoms with Crippen molar-refractivity contribution in [3.8, 4) is 0 Å². The Morgan fingerprint density at radius 2 is 0.484 bits per heavy atom. The molecule has 0 amide bonds. The Hall–Kier alpha value is 0.974. The third kappa shape index (κ3) is 55.6. The van der Waals surface area contributed by atoms with E-state index in [9.17, 15) is 0 Å². The molecule has 3 atom stereocenters. The van der Waals surface area contributed by atoms with Crippen LogP contribution in [0.15, 0.2) is 0 Å². The van der Waals surface area contributed by atoms with Crippen LogP contribution in [0.3, 0.4) is 0 Å². The molecule has 0 bridgehead atoms. The van der Waals surface area contributed by atoms with E-state index in [0.717, 1.165) is 12.5 Å². The smallest absolute Gasteiger partial charge is 0.0812 e. The summed E-state index contributed by atoms with van der Waals surface area (Å²) in [5.41, 5.74) is 0. The molecule has 1 fully saturated rings. The molecule has 0 aliphatic carbocycles. The van der Waals surface area contributed by atoms with Crippen LogP contribution in [-0.2, 0) is 23.3 Å².